The number of aryl methyl sites for hydroxylation is 1. The first kappa shape index (κ1) is 14.4. The van der Waals surface area contributed by atoms with Gasteiger partial charge in [0, 0.05) is 17.3 Å². The van der Waals surface area contributed by atoms with Crippen LogP contribution >= 0.6 is 22.9 Å². The molecule has 0 unspecified atom stereocenters. The van der Waals surface area contributed by atoms with Crippen molar-refractivity contribution in [3.05, 3.63) is 39.6 Å². The lowest BCUT2D eigenvalue weighted by Crippen LogP contribution is -2.13. The maximum absolute atomic E-state index is 12.0. The highest BCUT2D eigenvalue weighted by Gasteiger charge is 2.14. The average Bonchev–Trinajstić information content (AvgIpc) is 2.75. The number of thiazole rings is 1. The maximum atomic E-state index is 12.0. The van der Waals surface area contributed by atoms with Gasteiger partial charge in [0.05, 0.1) is 22.7 Å². The van der Waals surface area contributed by atoms with Crippen LogP contribution in [0.4, 0.5) is 5.13 Å². The third-order valence-corrected chi connectivity index (χ3v) is 3.46. The van der Waals surface area contributed by atoms with Crippen LogP contribution < -0.4 is 5.32 Å². The standard InChI is InChI=1S/C12H10ClN3O3S/c1-6-2-9(13)8(4-14-6)11(19)16-12-15-7(5-20-12)3-10(17)18/h2,4-5H,3H2,1H3,(H,17,18)(H,15,16,19). The Kier molecular flexibility index (Phi) is 4.31. The Labute approximate surface area is 123 Å². The van der Waals surface area contributed by atoms with E-state index < -0.39 is 11.9 Å². The number of carboxylic acids is 1. The van der Waals surface area contributed by atoms with E-state index in [9.17, 15) is 9.59 Å². The van der Waals surface area contributed by atoms with Gasteiger partial charge in [-0.15, -0.1) is 11.3 Å². The van der Waals surface area contributed by atoms with Crippen LogP contribution in [0, 0.1) is 6.92 Å². The second-order valence-electron chi connectivity index (χ2n) is 3.97. The van der Waals surface area contributed by atoms with E-state index in [0.717, 1.165) is 11.3 Å². The van der Waals surface area contributed by atoms with Crippen molar-refractivity contribution in [2.24, 2.45) is 0 Å². The van der Waals surface area contributed by atoms with Crippen molar-refractivity contribution in [1.29, 1.82) is 0 Å². The zero-order valence-electron chi connectivity index (χ0n) is 10.4. The molecule has 0 aliphatic rings. The summed E-state index contributed by atoms with van der Waals surface area (Å²) in [7, 11) is 0. The molecule has 0 spiro atoms. The van der Waals surface area contributed by atoms with Crippen molar-refractivity contribution in [3.63, 3.8) is 0 Å². The Balaban J connectivity index is 2.11. The molecular weight excluding hydrogens is 302 g/mol. The molecule has 6 nitrogen and oxygen atoms in total. The van der Waals surface area contributed by atoms with Crippen LogP contribution in [0.1, 0.15) is 21.7 Å². The van der Waals surface area contributed by atoms with Gasteiger partial charge >= 0.3 is 5.97 Å². The van der Waals surface area contributed by atoms with Crippen molar-refractivity contribution >= 4 is 39.9 Å². The van der Waals surface area contributed by atoms with E-state index in [-0.39, 0.29) is 12.0 Å². The minimum Gasteiger partial charge on any atom is -0.481 e. The van der Waals surface area contributed by atoms with Crippen LogP contribution in [0.2, 0.25) is 5.02 Å². The number of amides is 1. The number of nitrogens with zero attached hydrogens (tertiary/aromatic N) is 2. The molecule has 0 saturated carbocycles. The number of pyridine rings is 1. The normalized spacial score (nSPS) is 10.3. The number of nitrogens with one attached hydrogen (secondary N) is 1. The molecule has 2 heterocycles. The Bertz CT molecular complexity index is 672. The molecule has 0 atom stereocenters. The molecule has 2 rings (SSSR count). The highest BCUT2D eigenvalue weighted by Crippen LogP contribution is 2.20. The minimum atomic E-state index is -0.973. The van der Waals surface area contributed by atoms with E-state index in [2.05, 4.69) is 15.3 Å². The number of aliphatic carboxylic acids is 1. The van der Waals surface area contributed by atoms with Gasteiger partial charge in [-0.2, -0.15) is 0 Å². The van der Waals surface area contributed by atoms with Crippen LogP contribution in [0.3, 0.4) is 0 Å². The van der Waals surface area contributed by atoms with E-state index in [1.807, 2.05) is 0 Å². The lowest BCUT2D eigenvalue weighted by atomic mass is 10.2. The van der Waals surface area contributed by atoms with Crippen LogP contribution in [0.15, 0.2) is 17.6 Å². The second kappa shape index (κ2) is 5.98. The van der Waals surface area contributed by atoms with Crippen molar-refractivity contribution in [1.82, 2.24) is 9.97 Å². The van der Waals surface area contributed by atoms with Crippen molar-refractivity contribution in [3.8, 4) is 0 Å². The Morgan fingerprint density at radius 3 is 2.90 bits per heavy atom. The second-order valence-corrected chi connectivity index (χ2v) is 5.24. The van der Waals surface area contributed by atoms with E-state index in [1.165, 1.54) is 6.20 Å². The van der Waals surface area contributed by atoms with Crippen molar-refractivity contribution in [2.75, 3.05) is 5.32 Å². The molecular formula is C12H10ClN3O3S. The summed E-state index contributed by atoms with van der Waals surface area (Å²) in [6, 6.07) is 1.59. The number of halogens is 1. The molecule has 20 heavy (non-hydrogen) atoms. The number of carboxylic acid groups (broad SMARTS) is 1. The fourth-order valence-electron chi connectivity index (χ4n) is 1.46. The molecule has 1 amide bonds. The zero-order chi connectivity index (χ0) is 14.7. The largest absolute Gasteiger partial charge is 0.481 e. The fourth-order valence-corrected chi connectivity index (χ4v) is 2.46. The Morgan fingerprint density at radius 1 is 1.50 bits per heavy atom. The smallest absolute Gasteiger partial charge is 0.309 e. The first-order chi connectivity index (χ1) is 9.45. The van der Waals surface area contributed by atoms with Crippen LogP contribution in [-0.2, 0) is 11.2 Å². The van der Waals surface area contributed by atoms with Gasteiger partial charge in [0.1, 0.15) is 0 Å². The monoisotopic (exact) mass is 311 g/mol. The molecule has 0 aliphatic carbocycles. The molecule has 2 N–H and O–H groups in total. The molecule has 0 fully saturated rings. The third kappa shape index (κ3) is 3.52. The summed E-state index contributed by atoms with van der Waals surface area (Å²) in [6.07, 6.45) is 1.21. The summed E-state index contributed by atoms with van der Waals surface area (Å²) in [5, 5.41) is 13.4. The summed E-state index contributed by atoms with van der Waals surface area (Å²) in [5.74, 6) is -1.40. The van der Waals surface area contributed by atoms with E-state index in [4.69, 9.17) is 16.7 Å². The minimum absolute atomic E-state index is 0.181. The highest BCUT2D eigenvalue weighted by atomic mass is 35.5. The van der Waals surface area contributed by atoms with Crippen molar-refractivity contribution in [2.45, 2.75) is 13.3 Å². The van der Waals surface area contributed by atoms with E-state index in [0.29, 0.717) is 21.5 Å². The quantitative estimate of drug-likeness (QED) is 0.904. The van der Waals surface area contributed by atoms with Crippen molar-refractivity contribution < 1.29 is 14.7 Å². The number of anilines is 1. The Morgan fingerprint density at radius 2 is 2.25 bits per heavy atom. The molecule has 0 aliphatic heterocycles. The zero-order valence-corrected chi connectivity index (χ0v) is 12.0. The molecule has 0 aromatic carbocycles. The molecule has 104 valence electrons. The van der Waals surface area contributed by atoms with Gasteiger partial charge < -0.3 is 5.11 Å². The molecule has 2 aromatic heterocycles. The van der Waals surface area contributed by atoms with Gasteiger partial charge in [-0.1, -0.05) is 11.6 Å². The maximum Gasteiger partial charge on any atom is 0.309 e. The lowest BCUT2D eigenvalue weighted by molar-refractivity contribution is -0.136. The van der Waals surface area contributed by atoms with E-state index >= 15 is 0 Å². The SMILES string of the molecule is Cc1cc(Cl)c(C(=O)Nc2nc(CC(=O)O)cs2)cn1. The predicted octanol–water partition coefficient (Wildman–Crippen LogP) is 2.38. The summed E-state index contributed by atoms with van der Waals surface area (Å²) >= 11 is 7.12. The number of aromatic nitrogens is 2. The fraction of sp³-hybridized carbons (Fsp3) is 0.167. The molecule has 0 saturated heterocycles. The number of carbonyl (C=O) groups is 2. The summed E-state index contributed by atoms with van der Waals surface area (Å²) in [5.41, 5.74) is 1.35. The summed E-state index contributed by atoms with van der Waals surface area (Å²) in [6.45, 7) is 1.77. The van der Waals surface area contributed by atoms with Crippen LogP contribution in [0.25, 0.3) is 0 Å². The summed E-state index contributed by atoms with van der Waals surface area (Å²) < 4.78 is 0. The van der Waals surface area contributed by atoms with Gasteiger partial charge in [0.25, 0.3) is 5.91 Å². The number of hydrogen-bond acceptors (Lipinski definition) is 5. The third-order valence-electron chi connectivity index (χ3n) is 2.34. The molecule has 8 heteroatoms. The van der Waals surface area contributed by atoms with E-state index in [1.54, 1.807) is 18.4 Å². The number of rotatable bonds is 4. The highest BCUT2D eigenvalue weighted by molar-refractivity contribution is 7.14. The average molecular weight is 312 g/mol. The molecule has 2 aromatic rings. The first-order valence-corrected chi connectivity index (χ1v) is 6.81. The van der Waals surface area contributed by atoms with Gasteiger partial charge in [0.2, 0.25) is 0 Å². The van der Waals surface area contributed by atoms with Gasteiger partial charge in [-0.3, -0.25) is 19.9 Å². The predicted molar refractivity (Wildman–Crippen MR) is 75.4 cm³/mol. The molecule has 0 bridgehead atoms. The number of hydrogen-bond donors (Lipinski definition) is 2. The van der Waals surface area contributed by atoms with Gasteiger partial charge in [-0.25, -0.2) is 4.98 Å². The van der Waals surface area contributed by atoms with Gasteiger partial charge in [-0.05, 0) is 13.0 Å². The van der Waals surface area contributed by atoms with Crippen LogP contribution in [-0.4, -0.2) is 27.0 Å². The van der Waals surface area contributed by atoms with Crippen LogP contribution in [0.5, 0.6) is 0 Å². The lowest BCUT2D eigenvalue weighted by Gasteiger charge is -2.04. The first-order valence-electron chi connectivity index (χ1n) is 5.55. The molecule has 0 radical (unpaired) electrons. The Hall–Kier alpha value is -1.99. The summed E-state index contributed by atoms with van der Waals surface area (Å²) in [4.78, 5) is 30.6. The van der Waals surface area contributed by atoms with Gasteiger partial charge in [0.15, 0.2) is 5.13 Å². The topological polar surface area (TPSA) is 92.2 Å². The number of carbonyl (C=O) groups excluding carboxylic acids is 1.